The van der Waals surface area contributed by atoms with Crippen LogP contribution in [-0.2, 0) is 6.42 Å². The fourth-order valence-electron chi connectivity index (χ4n) is 2.38. The lowest BCUT2D eigenvalue weighted by Crippen LogP contribution is -2.03. The summed E-state index contributed by atoms with van der Waals surface area (Å²) < 4.78 is 11.4. The number of aliphatic hydroxyl groups excluding tert-OH is 1. The Morgan fingerprint density at radius 3 is 2.72 bits per heavy atom. The van der Waals surface area contributed by atoms with E-state index in [1.54, 1.807) is 18.3 Å². The molecule has 5 heteroatoms. The van der Waals surface area contributed by atoms with Crippen LogP contribution >= 0.6 is 0 Å². The standard InChI is InChI=1S/C20H20N2O3/c1-15-18(22-20(25-15)17-7-3-2-4-8-17)11-13-24-19-10-9-16(14-21-19)6-5-12-23/h2-10,14,23H,11-13H2,1H3/b6-5+. The number of oxazole rings is 1. The molecule has 2 aromatic heterocycles. The van der Waals surface area contributed by atoms with Crippen molar-refractivity contribution in [3.63, 3.8) is 0 Å². The summed E-state index contributed by atoms with van der Waals surface area (Å²) in [6.45, 7) is 2.40. The molecule has 0 aliphatic carbocycles. The molecule has 0 saturated carbocycles. The number of hydrogen-bond donors (Lipinski definition) is 1. The Kier molecular flexibility index (Phi) is 5.59. The Hall–Kier alpha value is -2.92. The van der Waals surface area contributed by atoms with E-state index in [2.05, 4.69) is 9.97 Å². The van der Waals surface area contributed by atoms with E-state index < -0.39 is 0 Å². The Morgan fingerprint density at radius 2 is 2.00 bits per heavy atom. The summed E-state index contributed by atoms with van der Waals surface area (Å²) in [7, 11) is 0. The first-order valence-corrected chi connectivity index (χ1v) is 8.14. The molecule has 25 heavy (non-hydrogen) atoms. The lowest BCUT2D eigenvalue weighted by Gasteiger charge is -2.04. The van der Waals surface area contributed by atoms with Crippen molar-refractivity contribution in [2.75, 3.05) is 13.2 Å². The minimum absolute atomic E-state index is 0.0142. The molecule has 0 aliphatic heterocycles. The van der Waals surface area contributed by atoms with Crippen LogP contribution in [0.4, 0.5) is 0 Å². The number of benzene rings is 1. The number of aromatic nitrogens is 2. The van der Waals surface area contributed by atoms with E-state index in [4.69, 9.17) is 14.3 Å². The van der Waals surface area contributed by atoms with Gasteiger partial charge in [0.25, 0.3) is 0 Å². The third kappa shape index (κ3) is 4.55. The molecule has 2 heterocycles. The fourth-order valence-corrected chi connectivity index (χ4v) is 2.38. The van der Waals surface area contributed by atoms with Crippen LogP contribution in [-0.4, -0.2) is 28.3 Å². The van der Waals surface area contributed by atoms with Gasteiger partial charge < -0.3 is 14.3 Å². The molecule has 0 atom stereocenters. The smallest absolute Gasteiger partial charge is 0.226 e. The minimum Gasteiger partial charge on any atom is -0.477 e. The number of nitrogens with zero attached hydrogens (tertiary/aromatic N) is 2. The largest absolute Gasteiger partial charge is 0.477 e. The van der Waals surface area contributed by atoms with Gasteiger partial charge in [0.1, 0.15) is 5.76 Å². The lowest BCUT2D eigenvalue weighted by molar-refractivity contribution is 0.307. The van der Waals surface area contributed by atoms with Crippen molar-refractivity contribution in [1.82, 2.24) is 9.97 Å². The van der Waals surface area contributed by atoms with Gasteiger partial charge in [0, 0.05) is 24.2 Å². The third-order valence-electron chi connectivity index (χ3n) is 3.68. The van der Waals surface area contributed by atoms with Crippen LogP contribution in [0.15, 0.2) is 59.2 Å². The highest BCUT2D eigenvalue weighted by Crippen LogP contribution is 2.21. The first kappa shape index (κ1) is 16.9. The maximum atomic E-state index is 8.76. The number of ether oxygens (including phenoxy) is 1. The molecule has 128 valence electrons. The normalized spacial score (nSPS) is 11.1. The molecular formula is C20H20N2O3. The molecule has 0 unspecified atom stereocenters. The zero-order valence-electron chi connectivity index (χ0n) is 14.1. The molecule has 0 fully saturated rings. The highest BCUT2D eigenvalue weighted by atomic mass is 16.5. The number of aryl methyl sites for hydroxylation is 1. The molecule has 1 N–H and O–H groups in total. The quantitative estimate of drug-likeness (QED) is 0.713. The first-order valence-electron chi connectivity index (χ1n) is 8.14. The van der Waals surface area contributed by atoms with E-state index in [9.17, 15) is 0 Å². The van der Waals surface area contributed by atoms with Gasteiger partial charge in [-0.15, -0.1) is 0 Å². The zero-order chi connectivity index (χ0) is 17.5. The zero-order valence-corrected chi connectivity index (χ0v) is 14.1. The SMILES string of the molecule is Cc1oc(-c2ccccc2)nc1CCOc1ccc(/C=C/CO)cn1. The van der Waals surface area contributed by atoms with Crippen LogP contribution in [0.3, 0.4) is 0 Å². The average molecular weight is 336 g/mol. The van der Waals surface area contributed by atoms with Gasteiger partial charge in [-0.2, -0.15) is 0 Å². The van der Waals surface area contributed by atoms with Gasteiger partial charge in [0.2, 0.25) is 11.8 Å². The second kappa shape index (κ2) is 8.26. The molecule has 3 aromatic rings. The predicted molar refractivity (Wildman–Crippen MR) is 96.2 cm³/mol. The van der Waals surface area contributed by atoms with Crippen LogP contribution < -0.4 is 4.74 Å². The topological polar surface area (TPSA) is 68.4 Å². The second-order valence-corrected chi connectivity index (χ2v) is 5.50. The van der Waals surface area contributed by atoms with Crippen molar-refractivity contribution in [2.45, 2.75) is 13.3 Å². The first-order chi connectivity index (χ1) is 12.3. The van der Waals surface area contributed by atoms with E-state index in [1.165, 1.54) is 0 Å². The summed E-state index contributed by atoms with van der Waals surface area (Å²) in [5.74, 6) is 2.00. The van der Waals surface area contributed by atoms with E-state index >= 15 is 0 Å². The van der Waals surface area contributed by atoms with Gasteiger partial charge in [-0.3, -0.25) is 0 Å². The van der Waals surface area contributed by atoms with Gasteiger partial charge in [-0.25, -0.2) is 9.97 Å². The van der Waals surface area contributed by atoms with E-state index in [1.807, 2.05) is 49.4 Å². The van der Waals surface area contributed by atoms with Crippen LogP contribution in [0.2, 0.25) is 0 Å². The van der Waals surface area contributed by atoms with Crippen molar-refractivity contribution in [1.29, 1.82) is 0 Å². The summed E-state index contributed by atoms with van der Waals surface area (Å²) >= 11 is 0. The van der Waals surface area contributed by atoms with Crippen molar-refractivity contribution in [2.24, 2.45) is 0 Å². The number of hydrogen-bond acceptors (Lipinski definition) is 5. The van der Waals surface area contributed by atoms with Crippen LogP contribution in [0.5, 0.6) is 5.88 Å². The Labute approximate surface area is 146 Å². The van der Waals surface area contributed by atoms with Crippen LogP contribution in [0, 0.1) is 6.92 Å². The number of pyridine rings is 1. The number of rotatable bonds is 7. The van der Waals surface area contributed by atoms with E-state index in [-0.39, 0.29) is 6.61 Å². The van der Waals surface area contributed by atoms with Crippen molar-refractivity contribution < 1.29 is 14.3 Å². The van der Waals surface area contributed by atoms with Gasteiger partial charge in [0.05, 0.1) is 18.9 Å². The summed E-state index contributed by atoms with van der Waals surface area (Å²) in [5.41, 5.74) is 2.77. The van der Waals surface area contributed by atoms with Crippen molar-refractivity contribution in [3.8, 4) is 17.3 Å². The molecule has 1 aromatic carbocycles. The molecule has 0 saturated heterocycles. The maximum Gasteiger partial charge on any atom is 0.226 e. The fraction of sp³-hybridized carbons (Fsp3) is 0.200. The molecule has 5 nitrogen and oxygen atoms in total. The summed E-state index contributed by atoms with van der Waals surface area (Å²) in [6.07, 6.45) is 5.82. The van der Waals surface area contributed by atoms with Crippen LogP contribution in [0.1, 0.15) is 17.0 Å². The second-order valence-electron chi connectivity index (χ2n) is 5.50. The molecule has 3 rings (SSSR count). The van der Waals surface area contributed by atoms with Crippen molar-refractivity contribution in [3.05, 3.63) is 71.8 Å². The van der Waals surface area contributed by atoms with Crippen LogP contribution in [0.25, 0.3) is 17.5 Å². The van der Waals surface area contributed by atoms with Gasteiger partial charge in [-0.05, 0) is 30.7 Å². The van der Waals surface area contributed by atoms with Crippen molar-refractivity contribution >= 4 is 6.08 Å². The molecule has 0 aliphatic rings. The Morgan fingerprint density at radius 1 is 1.16 bits per heavy atom. The maximum absolute atomic E-state index is 8.76. The molecular weight excluding hydrogens is 316 g/mol. The number of aliphatic hydroxyl groups is 1. The van der Waals surface area contributed by atoms with Gasteiger partial charge >= 0.3 is 0 Å². The Balaban J connectivity index is 1.57. The van der Waals surface area contributed by atoms with E-state index in [0.29, 0.717) is 24.8 Å². The lowest BCUT2D eigenvalue weighted by atomic mass is 10.2. The summed E-state index contributed by atoms with van der Waals surface area (Å²) in [5, 5.41) is 8.76. The highest BCUT2D eigenvalue weighted by Gasteiger charge is 2.11. The molecule has 0 radical (unpaired) electrons. The molecule has 0 spiro atoms. The Bertz CT molecular complexity index is 824. The van der Waals surface area contributed by atoms with Gasteiger partial charge in [-0.1, -0.05) is 30.4 Å². The monoisotopic (exact) mass is 336 g/mol. The predicted octanol–water partition coefficient (Wildman–Crippen LogP) is 3.67. The van der Waals surface area contributed by atoms with E-state index in [0.717, 1.165) is 22.6 Å². The third-order valence-corrected chi connectivity index (χ3v) is 3.68. The average Bonchev–Trinajstić information content (AvgIpc) is 3.03. The highest BCUT2D eigenvalue weighted by molar-refractivity contribution is 5.53. The summed E-state index contributed by atoms with van der Waals surface area (Å²) in [4.78, 5) is 8.80. The molecule has 0 amide bonds. The minimum atomic E-state index is 0.0142. The van der Waals surface area contributed by atoms with Gasteiger partial charge in [0.15, 0.2) is 0 Å². The summed E-state index contributed by atoms with van der Waals surface area (Å²) in [6, 6.07) is 13.5. The molecule has 0 bridgehead atoms.